The minimum Gasteiger partial charge on any atom is -0.186 e. The van der Waals surface area contributed by atoms with Crippen LogP contribution in [0.25, 0.3) is 21.5 Å². The van der Waals surface area contributed by atoms with Crippen LogP contribution in [0.1, 0.15) is 0 Å². The van der Waals surface area contributed by atoms with Gasteiger partial charge in [0, 0.05) is 10.3 Å². The van der Waals surface area contributed by atoms with Crippen LogP contribution < -0.4 is 0 Å². The van der Waals surface area contributed by atoms with Crippen molar-refractivity contribution in [2.75, 3.05) is 0 Å². The van der Waals surface area contributed by atoms with E-state index < -0.39 is 0 Å². The Labute approximate surface area is 115 Å². The summed E-state index contributed by atoms with van der Waals surface area (Å²) in [7, 11) is -0.274. The maximum atomic E-state index is 2.33. The SMILES string of the molecule is C1=C[SH](c2cccc3ccc4ccccc4c23)C=C1. The van der Waals surface area contributed by atoms with Crippen molar-refractivity contribution in [2.45, 2.75) is 4.90 Å². The fraction of sp³-hybridized carbons (Fsp3) is 0. The van der Waals surface area contributed by atoms with Gasteiger partial charge < -0.3 is 0 Å². The summed E-state index contributed by atoms with van der Waals surface area (Å²) in [5.74, 6) is 0. The molecule has 0 radical (unpaired) electrons. The highest BCUT2D eigenvalue weighted by Crippen LogP contribution is 2.46. The summed E-state index contributed by atoms with van der Waals surface area (Å²) in [5, 5.41) is 10.1. The zero-order valence-electron chi connectivity index (χ0n) is 10.5. The van der Waals surface area contributed by atoms with Gasteiger partial charge in [-0.15, -0.1) is 0 Å². The predicted octanol–water partition coefficient (Wildman–Crippen LogP) is 5.39. The number of thiol groups is 1. The zero-order valence-corrected chi connectivity index (χ0v) is 11.3. The third kappa shape index (κ3) is 1.70. The Bertz CT molecular complexity index is 815. The Morgan fingerprint density at radius 1 is 0.632 bits per heavy atom. The van der Waals surface area contributed by atoms with Gasteiger partial charge in [0.05, 0.1) is 0 Å². The topological polar surface area (TPSA) is 0 Å². The number of fused-ring (bicyclic) bond motifs is 3. The molecular weight excluding hydrogens is 248 g/mol. The Morgan fingerprint density at radius 2 is 1.37 bits per heavy atom. The first-order valence-corrected chi connectivity index (χ1v) is 7.95. The Hall–Kier alpha value is -1.99. The Morgan fingerprint density at radius 3 is 2.26 bits per heavy atom. The molecule has 1 heterocycles. The molecule has 0 N–H and O–H groups in total. The molecule has 0 nitrogen and oxygen atoms in total. The summed E-state index contributed by atoms with van der Waals surface area (Å²) in [6, 6.07) is 19.8. The number of rotatable bonds is 1. The first-order chi connectivity index (χ1) is 9.43. The number of hydrogen-bond acceptors (Lipinski definition) is 0. The van der Waals surface area contributed by atoms with Crippen molar-refractivity contribution in [3.63, 3.8) is 0 Å². The second-order valence-corrected chi connectivity index (χ2v) is 6.64. The van der Waals surface area contributed by atoms with Crippen LogP contribution in [-0.2, 0) is 0 Å². The standard InChI is InChI=1S/C18H14S/c1-2-8-16-14(6-1)10-11-15-7-5-9-17(18(15)16)19-12-3-4-13-19/h1-13,19H. The van der Waals surface area contributed by atoms with Gasteiger partial charge in [-0.2, -0.15) is 10.9 Å². The minimum atomic E-state index is -0.274. The Balaban J connectivity index is 2.15. The lowest BCUT2D eigenvalue weighted by Crippen LogP contribution is -1.83. The molecule has 0 spiro atoms. The molecule has 0 fully saturated rings. The van der Waals surface area contributed by atoms with Crippen molar-refractivity contribution in [1.29, 1.82) is 0 Å². The van der Waals surface area contributed by atoms with E-state index in [1.54, 1.807) is 0 Å². The van der Waals surface area contributed by atoms with Crippen LogP contribution >= 0.6 is 10.9 Å². The highest BCUT2D eigenvalue weighted by Gasteiger charge is 2.10. The largest absolute Gasteiger partial charge is 0.186 e. The van der Waals surface area contributed by atoms with Crippen LogP contribution in [0, 0.1) is 0 Å². The molecule has 4 rings (SSSR count). The van der Waals surface area contributed by atoms with E-state index in [1.165, 1.54) is 26.4 Å². The summed E-state index contributed by atoms with van der Waals surface area (Å²) in [4.78, 5) is 1.47. The average Bonchev–Trinajstić information content (AvgIpc) is 3.00. The molecule has 1 aliphatic rings. The van der Waals surface area contributed by atoms with Gasteiger partial charge in [-0.05, 0) is 33.0 Å². The van der Waals surface area contributed by atoms with E-state index >= 15 is 0 Å². The molecule has 3 aromatic rings. The number of benzene rings is 3. The van der Waals surface area contributed by atoms with Crippen LogP contribution in [0.4, 0.5) is 0 Å². The lowest BCUT2D eigenvalue weighted by Gasteiger charge is -2.15. The van der Waals surface area contributed by atoms with Crippen LogP contribution in [0.2, 0.25) is 0 Å². The molecule has 0 saturated heterocycles. The van der Waals surface area contributed by atoms with Crippen molar-refractivity contribution < 1.29 is 0 Å². The number of hydrogen-bond donors (Lipinski definition) is 1. The second-order valence-electron chi connectivity index (χ2n) is 4.75. The van der Waals surface area contributed by atoms with Gasteiger partial charge in [0.2, 0.25) is 0 Å². The Kier molecular flexibility index (Phi) is 2.46. The maximum Gasteiger partial charge on any atom is 0.00299 e. The molecule has 1 aliphatic heterocycles. The van der Waals surface area contributed by atoms with Gasteiger partial charge in [0.1, 0.15) is 0 Å². The molecule has 92 valence electrons. The van der Waals surface area contributed by atoms with E-state index in [1.807, 2.05) is 0 Å². The molecular formula is C18H14S. The first-order valence-electron chi connectivity index (χ1n) is 6.47. The fourth-order valence-electron chi connectivity index (χ4n) is 2.75. The van der Waals surface area contributed by atoms with E-state index in [9.17, 15) is 0 Å². The molecule has 0 saturated carbocycles. The van der Waals surface area contributed by atoms with Crippen LogP contribution in [0.3, 0.4) is 0 Å². The number of allylic oxidation sites excluding steroid dienone is 2. The summed E-state index contributed by atoms with van der Waals surface area (Å²) < 4.78 is 0. The third-order valence-electron chi connectivity index (χ3n) is 3.63. The molecule has 0 unspecified atom stereocenters. The molecule has 0 bridgehead atoms. The van der Waals surface area contributed by atoms with Crippen molar-refractivity contribution >= 4 is 32.4 Å². The summed E-state index contributed by atoms with van der Waals surface area (Å²) in [5.41, 5.74) is 0. The average molecular weight is 262 g/mol. The fourth-order valence-corrected chi connectivity index (χ4v) is 4.51. The van der Waals surface area contributed by atoms with Crippen molar-refractivity contribution in [3.8, 4) is 0 Å². The first kappa shape index (κ1) is 10.9. The van der Waals surface area contributed by atoms with Crippen molar-refractivity contribution in [2.24, 2.45) is 0 Å². The van der Waals surface area contributed by atoms with Gasteiger partial charge in [0.15, 0.2) is 0 Å². The monoisotopic (exact) mass is 262 g/mol. The molecule has 0 aliphatic carbocycles. The molecule has 19 heavy (non-hydrogen) atoms. The minimum absolute atomic E-state index is 0.274. The molecule has 1 heteroatoms. The van der Waals surface area contributed by atoms with E-state index in [-0.39, 0.29) is 10.9 Å². The summed E-state index contributed by atoms with van der Waals surface area (Å²) in [6.07, 6.45) is 4.32. The van der Waals surface area contributed by atoms with E-state index in [0.717, 1.165) is 0 Å². The molecule has 3 aromatic carbocycles. The molecule has 0 aromatic heterocycles. The highest BCUT2D eigenvalue weighted by molar-refractivity contribution is 8.22. The zero-order chi connectivity index (χ0) is 12.7. The van der Waals surface area contributed by atoms with Crippen LogP contribution in [0.5, 0.6) is 0 Å². The smallest absolute Gasteiger partial charge is 0.00299 e. The van der Waals surface area contributed by atoms with E-state index in [4.69, 9.17) is 0 Å². The van der Waals surface area contributed by atoms with Gasteiger partial charge >= 0.3 is 0 Å². The third-order valence-corrected chi connectivity index (χ3v) is 5.55. The predicted molar refractivity (Wildman–Crippen MR) is 87.0 cm³/mol. The van der Waals surface area contributed by atoms with Crippen LogP contribution in [-0.4, -0.2) is 0 Å². The molecule has 0 atom stereocenters. The lowest BCUT2D eigenvalue weighted by molar-refractivity contribution is 1.56. The van der Waals surface area contributed by atoms with Crippen molar-refractivity contribution in [3.05, 3.63) is 77.6 Å². The van der Waals surface area contributed by atoms with Gasteiger partial charge in [-0.1, -0.05) is 60.7 Å². The normalized spacial score (nSPS) is 15.7. The van der Waals surface area contributed by atoms with Gasteiger partial charge in [-0.25, -0.2) is 0 Å². The molecule has 0 amide bonds. The lowest BCUT2D eigenvalue weighted by atomic mass is 10.0. The van der Waals surface area contributed by atoms with Gasteiger partial charge in [-0.3, -0.25) is 0 Å². The van der Waals surface area contributed by atoms with Crippen LogP contribution in [0.15, 0.2) is 82.5 Å². The van der Waals surface area contributed by atoms with E-state index in [0.29, 0.717) is 0 Å². The van der Waals surface area contributed by atoms with Gasteiger partial charge in [0.25, 0.3) is 0 Å². The summed E-state index contributed by atoms with van der Waals surface area (Å²) >= 11 is 0. The second kappa shape index (κ2) is 4.29. The maximum absolute atomic E-state index is 2.33. The highest BCUT2D eigenvalue weighted by atomic mass is 32.2. The quantitative estimate of drug-likeness (QED) is 0.441. The van der Waals surface area contributed by atoms with E-state index in [2.05, 4.69) is 77.6 Å². The summed E-state index contributed by atoms with van der Waals surface area (Å²) in [6.45, 7) is 0. The van der Waals surface area contributed by atoms with Crippen molar-refractivity contribution in [1.82, 2.24) is 0 Å².